The van der Waals surface area contributed by atoms with E-state index in [4.69, 9.17) is 0 Å². The van der Waals surface area contributed by atoms with Crippen LogP contribution >= 0.6 is 15.9 Å². The van der Waals surface area contributed by atoms with Crippen molar-refractivity contribution in [2.45, 2.75) is 4.90 Å². The minimum Gasteiger partial charge on any atom is -0.466 e. The average molecular weight is 305 g/mol. The third kappa shape index (κ3) is 3.46. The lowest BCUT2D eigenvalue weighted by atomic mass is 10.4. The lowest BCUT2D eigenvalue weighted by molar-refractivity contribution is -0.134. The van der Waals surface area contributed by atoms with Gasteiger partial charge in [-0.3, -0.25) is 0 Å². The summed E-state index contributed by atoms with van der Waals surface area (Å²) in [7, 11) is -2.40. The van der Waals surface area contributed by atoms with Gasteiger partial charge in [-0.05, 0) is 24.3 Å². The molecule has 1 rings (SSSR count). The number of carbonyl (C=O) groups excluding carboxylic acids is 1. The van der Waals surface area contributed by atoms with Crippen molar-refractivity contribution in [3.8, 4) is 0 Å². The Balaban J connectivity index is 2.99. The molecule has 0 heterocycles. The topological polar surface area (TPSA) is 60.4 Å². The van der Waals surface area contributed by atoms with Gasteiger partial charge < -0.3 is 4.74 Å². The lowest BCUT2D eigenvalue weighted by Crippen LogP contribution is -1.99. The Hall–Kier alpha value is -1.14. The molecule has 0 aromatic heterocycles. The van der Waals surface area contributed by atoms with Gasteiger partial charge in [0.1, 0.15) is 0 Å². The zero-order chi connectivity index (χ0) is 12.2. The molecule has 16 heavy (non-hydrogen) atoms. The molecule has 0 bridgehead atoms. The molecule has 0 aliphatic heterocycles. The highest BCUT2D eigenvalue weighted by molar-refractivity contribution is 9.10. The molecule has 0 atom stereocenters. The van der Waals surface area contributed by atoms with E-state index >= 15 is 0 Å². The first-order valence-corrected chi connectivity index (χ1v) is 6.56. The number of esters is 1. The van der Waals surface area contributed by atoms with Gasteiger partial charge in [0, 0.05) is 16.0 Å². The van der Waals surface area contributed by atoms with E-state index in [2.05, 4.69) is 20.7 Å². The molecule has 0 saturated heterocycles. The van der Waals surface area contributed by atoms with Crippen molar-refractivity contribution in [1.82, 2.24) is 0 Å². The molecule has 0 saturated carbocycles. The summed E-state index contributed by atoms with van der Waals surface area (Å²) >= 11 is 3.20. The SMILES string of the molecule is COC(=O)C=CS(=O)(=O)c1ccc(Br)cc1. The molecule has 6 heteroatoms. The lowest BCUT2D eigenvalue weighted by Gasteiger charge is -1.98. The molecule has 1 aromatic rings. The maximum atomic E-state index is 11.7. The van der Waals surface area contributed by atoms with Gasteiger partial charge in [-0.15, -0.1) is 0 Å². The van der Waals surface area contributed by atoms with E-state index in [1.807, 2.05) is 0 Å². The number of sulfone groups is 1. The third-order valence-corrected chi connectivity index (χ3v) is 3.68. The molecular formula is C10H9BrO4S. The quantitative estimate of drug-likeness (QED) is 0.632. The second-order valence-corrected chi connectivity index (χ2v) is 5.57. The van der Waals surface area contributed by atoms with Gasteiger partial charge in [0.25, 0.3) is 0 Å². The van der Waals surface area contributed by atoms with Crippen LogP contribution in [-0.2, 0) is 19.4 Å². The summed E-state index contributed by atoms with van der Waals surface area (Å²) in [5.74, 6) is -0.708. The van der Waals surface area contributed by atoms with Crippen LogP contribution in [0.25, 0.3) is 0 Å². The minimum atomic E-state index is -3.58. The molecule has 0 N–H and O–H groups in total. The highest BCUT2D eigenvalue weighted by Crippen LogP contribution is 2.16. The minimum absolute atomic E-state index is 0.121. The molecule has 0 amide bonds. The molecule has 1 aromatic carbocycles. The van der Waals surface area contributed by atoms with Crippen LogP contribution in [0.4, 0.5) is 0 Å². The monoisotopic (exact) mass is 304 g/mol. The summed E-state index contributed by atoms with van der Waals surface area (Å²) < 4.78 is 28.4. The van der Waals surface area contributed by atoms with E-state index < -0.39 is 15.8 Å². The normalized spacial score (nSPS) is 11.6. The maximum Gasteiger partial charge on any atom is 0.331 e. The number of rotatable bonds is 3. The van der Waals surface area contributed by atoms with Crippen LogP contribution in [0.5, 0.6) is 0 Å². The Bertz CT molecular complexity index is 502. The first-order valence-electron chi connectivity index (χ1n) is 4.22. The van der Waals surface area contributed by atoms with Crippen LogP contribution in [-0.4, -0.2) is 21.5 Å². The Morgan fingerprint density at radius 1 is 1.31 bits per heavy atom. The molecule has 0 radical (unpaired) electrons. The van der Waals surface area contributed by atoms with Gasteiger partial charge in [0.2, 0.25) is 0 Å². The summed E-state index contributed by atoms with van der Waals surface area (Å²) in [6.45, 7) is 0. The zero-order valence-corrected chi connectivity index (χ0v) is 10.8. The Kier molecular flexibility index (Phi) is 4.26. The number of ether oxygens (including phenoxy) is 1. The van der Waals surface area contributed by atoms with Crippen LogP contribution in [0.15, 0.2) is 45.1 Å². The number of carbonyl (C=O) groups is 1. The number of benzene rings is 1. The van der Waals surface area contributed by atoms with Crippen LogP contribution in [0.3, 0.4) is 0 Å². The molecule has 86 valence electrons. The molecular weight excluding hydrogens is 296 g/mol. The van der Waals surface area contributed by atoms with Gasteiger partial charge in [-0.2, -0.15) is 0 Å². The van der Waals surface area contributed by atoms with Gasteiger partial charge in [-0.25, -0.2) is 13.2 Å². The second kappa shape index (κ2) is 5.27. The third-order valence-electron chi connectivity index (χ3n) is 1.73. The van der Waals surface area contributed by atoms with Crippen molar-refractivity contribution in [3.63, 3.8) is 0 Å². The van der Waals surface area contributed by atoms with E-state index in [0.29, 0.717) is 0 Å². The van der Waals surface area contributed by atoms with Gasteiger partial charge in [0.15, 0.2) is 9.84 Å². The van der Waals surface area contributed by atoms with E-state index in [1.54, 1.807) is 12.1 Å². The number of halogens is 1. The maximum absolute atomic E-state index is 11.7. The summed E-state index contributed by atoms with van der Waals surface area (Å²) in [4.78, 5) is 10.9. The standard InChI is InChI=1S/C10H9BrO4S/c1-15-10(12)6-7-16(13,14)9-4-2-8(11)3-5-9/h2-7H,1H3. The first kappa shape index (κ1) is 12.9. The van der Waals surface area contributed by atoms with Crippen LogP contribution in [0.1, 0.15) is 0 Å². The van der Waals surface area contributed by atoms with Crippen LogP contribution < -0.4 is 0 Å². The fourth-order valence-electron chi connectivity index (χ4n) is 0.916. The van der Waals surface area contributed by atoms with Gasteiger partial charge in [0.05, 0.1) is 12.0 Å². The van der Waals surface area contributed by atoms with E-state index in [1.165, 1.54) is 19.2 Å². The van der Waals surface area contributed by atoms with E-state index in [9.17, 15) is 13.2 Å². The summed E-state index contributed by atoms with van der Waals surface area (Å²) in [6, 6.07) is 6.11. The Morgan fingerprint density at radius 3 is 2.38 bits per heavy atom. The van der Waals surface area contributed by atoms with Crippen molar-refractivity contribution >= 4 is 31.7 Å². The van der Waals surface area contributed by atoms with Crippen molar-refractivity contribution in [2.75, 3.05) is 7.11 Å². The van der Waals surface area contributed by atoms with Crippen molar-refractivity contribution in [2.24, 2.45) is 0 Å². The van der Waals surface area contributed by atoms with Crippen LogP contribution in [0, 0.1) is 0 Å². The Labute approximate surface area is 102 Å². The summed E-state index contributed by atoms with van der Waals surface area (Å²) in [5.41, 5.74) is 0. The number of hydrogen-bond acceptors (Lipinski definition) is 4. The number of hydrogen-bond donors (Lipinski definition) is 0. The average Bonchev–Trinajstić information content (AvgIpc) is 2.26. The van der Waals surface area contributed by atoms with E-state index in [-0.39, 0.29) is 4.90 Å². The highest BCUT2D eigenvalue weighted by atomic mass is 79.9. The van der Waals surface area contributed by atoms with E-state index in [0.717, 1.165) is 16.0 Å². The highest BCUT2D eigenvalue weighted by Gasteiger charge is 2.10. The predicted molar refractivity (Wildman–Crippen MR) is 62.5 cm³/mol. The number of methoxy groups -OCH3 is 1. The van der Waals surface area contributed by atoms with Crippen molar-refractivity contribution in [3.05, 3.63) is 40.2 Å². The zero-order valence-electron chi connectivity index (χ0n) is 8.38. The largest absolute Gasteiger partial charge is 0.466 e. The Morgan fingerprint density at radius 2 is 1.88 bits per heavy atom. The second-order valence-electron chi connectivity index (χ2n) is 2.82. The van der Waals surface area contributed by atoms with Crippen molar-refractivity contribution in [1.29, 1.82) is 0 Å². The molecule has 0 aliphatic carbocycles. The molecule has 0 spiro atoms. The molecule has 0 unspecified atom stereocenters. The van der Waals surface area contributed by atoms with Crippen LogP contribution in [0.2, 0.25) is 0 Å². The molecule has 0 aliphatic rings. The van der Waals surface area contributed by atoms with Gasteiger partial charge >= 0.3 is 5.97 Å². The first-order chi connectivity index (χ1) is 7.45. The smallest absolute Gasteiger partial charge is 0.331 e. The van der Waals surface area contributed by atoms with Crippen molar-refractivity contribution < 1.29 is 17.9 Å². The summed E-state index contributed by atoms with van der Waals surface area (Å²) in [6.07, 6.45) is 0.872. The van der Waals surface area contributed by atoms with Gasteiger partial charge in [-0.1, -0.05) is 15.9 Å². The summed E-state index contributed by atoms with van der Waals surface area (Å²) in [5, 5.41) is 0.821. The molecule has 0 fully saturated rings. The molecule has 4 nitrogen and oxygen atoms in total. The predicted octanol–water partition coefficient (Wildman–Crippen LogP) is 1.91. The fourth-order valence-corrected chi connectivity index (χ4v) is 2.14. The fraction of sp³-hybridized carbons (Fsp3) is 0.100.